The number of benzene rings is 2. The second-order valence-electron chi connectivity index (χ2n) is 6.06. The number of ether oxygens (including phenoxy) is 1. The number of aromatic nitrogens is 2. The summed E-state index contributed by atoms with van der Waals surface area (Å²) in [7, 11) is 1.55. The van der Waals surface area contributed by atoms with Gasteiger partial charge in [0, 0.05) is 12.2 Å². The smallest absolute Gasteiger partial charge is 0.266 e. The van der Waals surface area contributed by atoms with Crippen molar-refractivity contribution in [2.45, 2.75) is 18.0 Å². The Bertz CT molecular complexity index is 1130. The van der Waals surface area contributed by atoms with E-state index in [9.17, 15) is 10.1 Å². The summed E-state index contributed by atoms with van der Waals surface area (Å²) >= 11 is 1.34. The number of methoxy groups -OCH3 is 1. The Morgan fingerprint density at radius 2 is 1.93 bits per heavy atom. The van der Waals surface area contributed by atoms with Crippen LogP contribution >= 0.6 is 11.8 Å². The molecule has 0 radical (unpaired) electrons. The molecule has 3 aromatic rings. The number of thioether (sulfide) groups is 1. The van der Waals surface area contributed by atoms with E-state index in [2.05, 4.69) is 17.1 Å². The molecule has 0 N–H and O–H groups in total. The molecule has 2 aromatic carbocycles. The van der Waals surface area contributed by atoms with Crippen molar-refractivity contribution < 1.29 is 4.74 Å². The van der Waals surface area contributed by atoms with Crippen LogP contribution in [0.25, 0.3) is 16.6 Å². The molecule has 1 atom stereocenters. The Morgan fingerprint density at radius 3 is 2.68 bits per heavy atom. The molecule has 7 heteroatoms. The molecule has 0 amide bonds. The van der Waals surface area contributed by atoms with Gasteiger partial charge in [0.25, 0.3) is 5.56 Å². The first kappa shape index (κ1) is 19.5. The molecular weight excluding hydrogens is 372 g/mol. The minimum Gasteiger partial charge on any atom is -0.495 e. The third-order valence-corrected chi connectivity index (χ3v) is 5.37. The minimum atomic E-state index is -0.292. The maximum absolute atomic E-state index is 13.3. The van der Waals surface area contributed by atoms with E-state index in [0.717, 1.165) is 0 Å². The molecule has 140 valence electrons. The third-order valence-electron chi connectivity index (χ3n) is 4.27. The highest BCUT2D eigenvalue weighted by atomic mass is 32.2. The van der Waals surface area contributed by atoms with Crippen LogP contribution in [0.2, 0.25) is 0 Å². The Morgan fingerprint density at radius 1 is 1.18 bits per heavy atom. The molecule has 0 spiro atoms. The van der Waals surface area contributed by atoms with Gasteiger partial charge in [-0.25, -0.2) is 4.98 Å². The van der Waals surface area contributed by atoms with Crippen molar-refractivity contribution in [3.8, 4) is 23.6 Å². The molecule has 1 aromatic heterocycles. The lowest BCUT2D eigenvalue weighted by Gasteiger charge is -2.16. The summed E-state index contributed by atoms with van der Waals surface area (Å²) in [5, 5.41) is 19.1. The molecule has 1 heterocycles. The van der Waals surface area contributed by atoms with E-state index in [-0.39, 0.29) is 11.5 Å². The highest BCUT2D eigenvalue weighted by molar-refractivity contribution is 7.99. The van der Waals surface area contributed by atoms with Crippen LogP contribution in [0.4, 0.5) is 0 Å². The Kier molecular flexibility index (Phi) is 6.31. The summed E-state index contributed by atoms with van der Waals surface area (Å²) in [6.45, 7) is 0. The normalized spacial score (nSPS) is 11.5. The van der Waals surface area contributed by atoms with E-state index in [1.54, 1.807) is 37.4 Å². The molecule has 28 heavy (non-hydrogen) atoms. The van der Waals surface area contributed by atoms with Crippen molar-refractivity contribution in [3.05, 3.63) is 58.9 Å². The predicted octanol–water partition coefficient (Wildman–Crippen LogP) is 3.93. The number of hydrogen-bond donors (Lipinski definition) is 0. The lowest BCUT2D eigenvalue weighted by atomic mass is 10.1. The van der Waals surface area contributed by atoms with Crippen LogP contribution in [0.5, 0.6) is 5.75 Å². The number of nitrogens with zero attached hydrogens (tertiary/aromatic N) is 4. The topological polar surface area (TPSA) is 91.7 Å². The Hall–Kier alpha value is -3.29. The fraction of sp³-hybridized carbons (Fsp3) is 0.238. The van der Waals surface area contributed by atoms with E-state index in [1.807, 2.05) is 18.2 Å². The van der Waals surface area contributed by atoms with Gasteiger partial charge in [-0.15, -0.1) is 0 Å². The summed E-state index contributed by atoms with van der Waals surface area (Å²) in [6, 6.07) is 18.7. The predicted molar refractivity (Wildman–Crippen MR) is 109 cm³/mol. The second kappa shape index (κ2) is 9.07. The molecule has 0 fully saturated rings. The van der Waals surface area contributed by atoms with Gasteiger partial charge >= 0.3 is 0 Å². The fourth-order valence-electron chi connectivity index (χ4n) is 2.84. The van der Waals surface area contributed by atoms with Crippen LogP contribution in [0.1, 0.15) is 12.8 Å². The number of fused-ring (bicyclic) bond motifs is 1. The van der Waals surface area contributed by atoms with Gasteiger partial charge in [-0.05, 0) is 30.7 Å². The molecule has 0 bridgehead atoms. The maximum Gasteiger partial charge on any atom is 0.266 e. The minimum absolute atomic E-state index is 0.192. The summed E-state index contributed by atoms with van der Waals surface area (Å²) in [5.41, 5.74) is 1.01. The van der Waals surface area contributed by atoms with Gasteiger partial charge < -0.3 is 4.74 Å². The van der Waals surface area contributed by atoms with Crippen molar-refractivity contribution in [1.82, 2.24) is 9.55 Å². The van der Waals surface area contributed by atoms with Crippen molar-refractivity contribution in [2.75, 3.05) is 12.9 Å². The van der Waals surface area contributed by atoms with Crippen LogP contribution in [0.3, 0.4) is 0 Å². The second-order valence-corrected chi connectivity index (χ2v) is 7.04. The monoisotopic (exact) mass is 390 g/mol. The fourth-order valence-corrected chi connectivity index (χ4v) is 3.90. The van der Waals surface area contributed by atoms with Gasteiger partial charge in [0.1, 0.15) is 5.75 Å². The summed E-state index contributed by atoms with van der Waals surface area (Å²) in [5.74, 6) is 0.710. The number of hydrogen-bond acceptors (Lipinski definition) is 6. The van der Waals surface area contributed by atoms with E-state index >= 15 is 0 Å². The zero-order chi connectivity index (χ0) is 19.9. The zero-order valence-electron chi connectivity index (χ0n) is 15.3. The van der Waals surface area contributed by atoms with E-state index < -0.39 is 0 Å². The molecule has 3 rings (SSSR count). The first-order valence-corrected chi connectivity index (χ1v) is 9.72. The first-order valence-electron chi connectivity index (χ1n) is 8.74. The number of nitriles is 2. The average Bonchev–Trinajstić information content (AvgIpc) is 2.74. The zero-order valence-corrected chi connectivity index (χ0v) is 16.1. The van der Waals surface area contributed by atoms with Crippen molar-refractivity contribution in [2.24, 2.45) is 5.92 Å². The Balaban J connectivity index is 2.11. The van der Waals surface area contributed by atoms with Gasteiger partial charge in [-0.2, -0.15) is 10.5 Å². The van der Waals surface area contributed by atoms with E-state index in [4.69, 9.17) is 10.00 Å². The van der Waals surface area contributed by atoms with Crippen molar-refractivity contribution in [3.63, 3.8) is 0 Å². The lowest BCUT2D eigenvalue weighted by Crippen LogP contribution is -2.22. The van der Waals surface area contributed by atoms with Gasteiger partial charge in [0.05, 0.1) is 41.8 Å². The third kappa shape index (κ3) is 4.00. The Labute approximate surface area is 167 Å². The van der Waals surface area contributed by atoms with Crippen LogP contribution in [-0.2, 0) is 0 Å². The highest BCUT2D eigenvalue weighted by Gasteiger charge is 2.18. The summed E-state index contributed by atoms with van der Waals surface area (Å²) < 4.78 is 6.97. The SMILES string of the molecule is COc1ccccc1-n1c(SC[C@H](C#N)CCC#N)nc2ccccc2c1=O. The van der Waals surface area contributed by atoms with E-state index in [0.29, 0.717) is 46.1 Å². The number of para-hydroxylation sites is 3. The first-order chi connectivity index (χ1) is 13.7. The van der Waals surface area contributed by atoms with Gasteiger partial charge in [-0.3, -0.25) is 9.36 Å². The molecule has 0 aliphatic carbocycles. The highest BCUT2D eigenvalue weighted by Crippen LogP contribution is 2.28. The van der Waals surface area contributed by atoms with Crippen LogP contribution in [-0.4, -0.2) is 22.4 Å². The average molecular weight is 390 g/mol. The van der Waals surface area contributed by atoms with Gasteiger partial charge in [0.15, 0.2) is 5.16 Å². The molecule has 0 saturated carbocycles. The van der Waals surface area contributed by atoms with Crippen LogP contribution in [0.15, 0.2) is 58.5 Å². The summed E-state index contributed by atoms with van der Waals surface area (Å²) in [6.07, 6.45) is 0.815. The largest absolute Gasteiger partial charge is 0.495 e. The van der Waals surface area contributed by atoms with Crippen LogP contribution < -0.4 is 10.3 Å². The molecule has 0 aliphatic heterocycles. The lowest BCUT2D eigenvalue weighted by molar-refractivity contribution is 0.411. The molecular formula is C21H18N4O2S. The van der Waals surface area contributed by atoms with Crippen molar-refractivity contribution >= 4 is 22.7 Å². The van der Waals surface area contributed by atoms with Gasteiger partial charge in [-0.1, -0.05) is 36.0 Å². The summed E-state index contributed by atoms with van der Waals surface area (Å²) in [4.78, 5) is 17.9. The van der Waals surface area contributed by atoms with Crippen molar-refractivity contribution in [1.29, 1.82) is 10.5 Å². The maximum atomic E-state index is 13.3. The van der Waals surface area contributed by atoms with Crippen LogP contribution in [0, 0.1) is 28.6 Å². The molecule has 0 saturated heterocycles. The van der Waals surface area contributed by atoms with Gasteiger partial charge in [0.2, 0.25) is 0 Å². The molecule has 6 nitrogen and oxygen atoms in total. The number of rotatable bonds is 7. The quantitative estimate of drug-likeness (QED) is 0.448. The standard InChI is InChI=1S/C21H18N4O2S/c1-27-19-11-5-4-10-18(19)25-20(26)16-8-2-3-9-17(16)24-21(25)28-14-15(13-23)7-6-12-22/h2-5,8-11,15H,6-7,14H2,1H3/t15-/m0/s1. The molecule has 0 aliphatic rings. The van der Waals surface area contributed by atoms with E-state index in [1.165, 1.54) is 16.3 Å². The molecule has 0 unspecified atom stereocenters.